The number of nitrogen functional groups attached to an aromatic ring is 1. The molecule has 186 valence electrons. The third-order valence-corrected chi connectivity index (χ3v) is 5.89. The maximum absolute atomic E-state index is 13.0. The van der Waals surface area contributed by atoms with Gasteiger partial charge >= 0.3 is 6.09 Å². The molecule has 0 spiro atoms. The molecule has 0 unspecified atom stereocenters. The number of alkyl carbamates (subject to hydrolysis) is 1. The number of hydrogen-bond donors (Lipinski definition) is 3. The molecule has 4 N–H and O–H groups in total. The fourth-order valence-corrected chi connectivity index (χ4v) is 4.15. The summed E-state index contributed by atoms with van der Waals surface area (Å²) in [5.41, 5.74) is 6.69. The van der Waals surface area contributed by atoms with Gasteiger partial charge in [0.2, 0.25) is 5.95 Å². The van der Waals surface area contributed by atoms with Gasteiger partial charge in [-0.15, -0.1) is 0 Å². The van der Waals surface area contributed by atoms with Crippen molar-refractivity contribution >= 4 is 28.0 Å². The van der Waals surface area contributed by atoms with Crippen molar-refractivity contribution in [3.8, 4) is 11.3 Å². The Labute approximate surface area is 200 Å². The Morgan fingerprint density at radius 1 is 1.15 bits per heavy atom. The number of aromatic nitrogens is 2. The van der Waals surface area contributed by atoms with Gasteiger partial charge in [0.1, 0.15) is 11.6 Å². The molecule has 0 saturated carbocycles. The van der Waals surface area contributed by atoms with Crippen LogP contribution in [0.4, 0.5) is 10.7 Å². The van der Waals surface area contributed by atoms with Gasteiger partial charge in [-0.1, -0.05) is 32.9 Å². The number of aryl methyl sites for hydroxylation is 1. The average Bonchev–Trinajstić information content (AvgIpc) is 2.71. The highest BCUT2D eigenvalue weighted by Gasteiger charge is 2.28. The summed E-state index contributed by atoms with van der Waals surface area (Å²) in [7, 11) is -4.23. The first-order chi connectivity index (χ1) is 15.7. The van der Waals surface area contributed by atoms with Gasteiger partial charge in [-0.05, 0) is 57.7 Å². The molecule has 0 fully saturated rings. The third-order valence-electron chi connectivity index (χ3n) is 4.55. The second-order valence-corrected chi connectivity index (χ2v) is 11.0. The molecular weight excluding hydrogens is 458 g/mol. The molecule has 11 heteroatoms. The van der Waals surface area contributed by atoms with E-state index in [1.54, 1.807) is 39.0 Å². The molecule has 0 aliphatic carbocycles. The lowest BCUT2D eigenvalue weighted by molar-refractivity contribution is -0.121. The van der Waals surface area contributed by atoms with Crippen LogP contribution in [-0.2, 0) is 26.0 Å². The number of benzene rings is 1. The topological polar surface area (TPSA) is 153 Å². The summed E-state index contributed by atoms with van der Waals surface area (Å²) in [6.07, 6.45) is 0.0526. The van der Waals surface area contributed by atoms with Crippen molar-refractivity contribution in [2.75, 3.05) is 5.73 Å². The van der Waals surface area contributed by atoms with Gasteiger partial charge in [0.15, 0.2) is 0 Å². The van der Waals surface area contributed by atoms with Crippen LogP contribution in [0.1, 0.15) is 53.7 Å². The number of amides is 2. The zero-order valence-electron chi connectivity index (χ0n) is 20.4. The van der Waals surface area contributed by atoms with E-state index in [-0.39, 0.29) is 23.2 Å². The number of nitrogens with zero attached hydrogens (tertiary/aromatic N) is 2. The molecule has 1 aromatic heterocycles. The second-order valence-electron chi connectivity index (χ2n) is 9.28. The Morgan fingerprint density at radius 2 is 1.82 bits per heavy atom. The summed E-state index contributed by atoms with van der Waals surface area (Å²) >= 11 is 0. The number of anilines is 1. The van der Waals surface area contributed by atoms with Crippen LogP contribution in [-0.4, -0.2) is 42.0 Å². The maximum atomic E-state index is 13.0. The summed E-state index contributed by atoms with van der Waals surface area (Å²) in [5, 5.41) is 2.47. The van der Waals surface area contributed by atoms with Crippen LogP contribution in [0, 0.1) is 5.92 Å². The monoisotopic (exact) mass is 491 g/mol. The molecule has 0 radical (unpaired) electrons. The summed E-state index contributed by atoms with van der Waals surface area (Å²) in [6, 6.07) is 6.63. The van der Waals surface area contributed by atoms with E-state index >= 15 is 0 Å². The largest absolute Gasteiger partial charge is 0.444 e. The first-order valence-electron chi connectivity index (χ1n) is 11.0. The normalized spacial score (nSPS) is 12.8. The van der Waals surface area contributed by atoms with E-state index in [1.165, 1.54) is 12.1 Å². The molecule has 0 aliphatic heterocycles. The molecule has 34 heavy (non-hydrogen) atoms. The van der Waals surface area contributed by atoms with E-state index in [0.29, 0.717) is 23.4 Å². The first kappa shape index (κ1) is 27.0. The minimum atomic E-state index is -4.23. The smallest absolute Gasteiger partial charge is 0.408 e. The lowest BCUT2D eigenvalue weighted by atomic mass is 10.0. The predicted molar refractivity (Wildman–Crippen MR) is 129 cm³/mol. The molecule has 1 aromatic carbocycles. The van der Waals surface area contributed by atoms with Gasteiger partial charge in [-0.2, -0.15) is 0 Å². The first-order valence-corrected chi connectivity index (χ1v) is 12.5. The Bertz CT molecular complexity index is 1140. The van der Waals surface area contributed by atoms with Crippen molar-refractivity contribution in [1.29, 1.82) is 0 Å². The zero-order valence-corrected chi connectivity index (χ0v) is 21.2. The molecule has 2 rings (SSSR count). The van der Waals surface area contributed by atoms with Crippen LogP contribution in [0.2, 0.25) is 0 Å². The highest BCUT2D eigenvalue weighted by molar-refractivity contribution is 7.90. The van der Waals surface area contributed by atoms with Crippen LogP contribution in [0.5, 0.6) is 0 Å². The molecule has 1 heterocycles. The van der Waals surface area contributed by atoms with Gasteiger partial charge in [0.05, 0.1) is 10.6 Å². The number of nitrogens with two attached hydrogens (primary N) is 1. The molecule has 10 nitrogen and oxygen atoms in total. The van der Waals surface area contributed by atoms with Gasteiger partial charge in [0.25, 0.3) is 15.9 Å². The predicted octanol–water partition coefficient (Wildman–Crippen LogP) is 3.03. The number of hydrogen-bond acceptors (Lipinski definition) is 8. The molecule has 0 aliphatic rings. The zero-order chi connectivity index (χ0) is 25.7. The Kier molecular flexibility index (Phi) is 8.60. The van der Waals surface area contributed by atoms with E-state index in [4.69, 9.17) is 10.5 Å². The van der Waals surface area contributed by atoms with E-state index in [1.807, 2.05) is 20.8 Å². The fraction of sp³-hybridized carbons (Fsp3) is 0.478. The Morgan fingerprint density at radius 3 is 2.41 bits per heavy atom. The molecule has 2 aromatic rings. The fourth-order valence-electron chi connectivity index (χ4n) is 3.08. The number of carbonyl (C=O) groups is 2. The van der Waals surface area contributed by atoms with Crippen LogP contribution < -0.4 is 15.8 Å². The number of rotatable bonds is 8. The molecular formula is C23H33N5O5S. The summed E-state index contributed by atoms with van der Waals surface area (Å²) in [5.74, 6) is -0.766. The van der Waals surface area contributed by atoms with E-state index in [9.17, 15) is 18.0 Å². The van der Waals surface area contributed by atoms with Crippen molar-refractivity contribution in [1.82, 2.24) is 20.0 Å². The molecule has 0 bridgehead atoms. The second kappa shape index (κ2) is 10.8. The van der Waals surface area contributed by atoms with E-state index in [0.717, 1.165) is 0 Å². The highest BCUT2D eigenvalue weighted by Crippen LogP contribution is 2.22. The number of ether oxygens (including phenoxy) is 1. The lowest BCUT2D eigenvalue weighted by Gasteiger charge is -2.24. The number of sulfonamides is 1. The maximum Gasteiger partial charge on any atom is 0.408 e. The van der Waals surface area contributed by atoms with Gasteiger partial charge in [-0.25, -0.2) is 27.9 Å². The van der Waals surface area contributed by atoms with Crippen molar-refractivity contribution in [2.24, 2.45) is 5.92 Å². The van der Waals surface area contributed by atoms with Crippen LogP contribution in [0.25, 0.3) is 11.3 Å². The summed E-state index contributed by atoms with van der Waals surface area (Å²) in [4.78, 5) is 33.2. The van der Waals surface area contributed by atoms with Crippen LogP contribution in [0.3, 0.4) is 0 Å². The van der Waals surface area contributed by atoms with Crippen LogP contribution in [0.15, 0.2) is 35.2 Å². The SMILES string of the molecule is CCc1cc(-c2cccc(S(=O)(=O)NC(=O)[C@H](CC(C)C)NC(=O)OC(C)(C)C)c2)nc(N)n1. The minimum absolute atomic E-state index is 0.00713. The summed E-state index contributed by atoms with van der Waals surface area (Å²) in [6.45, 7) is 10.7. The van der Waals surface area contributed by atoms with Gasteiger partial charge in [-0.3, -0.25) is 4.79 Å². The summed E-state index contributed by atoms with van der Waals surface area (Å²) < 4.78 is 33.2. The minimum Gasteiger partial charge on any atom is -0.444 e. The Hall–Kier alpha value is -3.21. The standard InChI is InChI=1S/C23H33N5O5S/c1-7-16-13-18(26-21(24)25-16)15-9-8-10-17(12-15)34(31,32)28-20(29)19(11-14(2)3)27-22(30)33-23(4,5)6/h8-10,12-14,19H,7,11H2,1-6H3,(H,27,30)(H,28,29)(H2,24,25,26)/t19-/m0/s1. The van der Waals surface area contributed by atoms with Crippen molar-refractivity contribution in [3.63, 3.8) is 0 Å². The Balaban J connectivity index is 2.28. The van der Waals surface area contributed by atoms with Crippen molar-refractivity contribution < 1.29 is 22.7 Å². The van der Waals surface area contributed by atoms with E-state index in [2.05, 4.69) is 20.0 Å². The van der Waals surface area contributed by atoms with Gasteiger partial charge < -0.3 is 15.8 Å². The quantitative estimate of drug-likeness (QED) is 0.509. The van der Waals surface area contributed by atoms with Crippen molar-refractivity contribution in [3.05, 3.63) is 36.0 Å². The molecule has 2 amide bonds. The molecule has 1 atom stereocenters. The van der Waals surface area contributed by atoms with Crippen molar-refractivity contribution in [2.45, 2.75) is 70.9 Å². The lowest BCUT2D eigenvalue weighted by Crippen LogP contribution is -2.50. The van der Waals surface area contributed by atoms with E-state index < -0.39 is 33.7 Å². The van der Waals surface area contributed by atoms with Gasteiger partial charge in [0, 0.05) is 11.3 Å². The highest BCUT2D eigenvalue weighted by atomic mass is 32.2. The average molecular weight is 492 g/mol. The number of carbonyl (C=O) groups excluding carboxylic acids is 2. The van der Waals surface area contributed by atoms with Crippen LogP contribution >= 0.6 is 0 Å². The third kappa shape index (κ3) is 7.98. The number of nitrogens with one attached hydrogen (secondary N) is 2. The molecule has 0 saturated heterocycles.